The van der Waals surface area contributed by atoms with Crippen molar-refractivity contribution in [2.75, 3.05) is 26.8 Å². The standard InChI is InChI=1S/C15H22FNO4/c1-3-17(6-7-18)12(10-15(19)20)8-11-4-5-14(21-2)13(16)9-11/h4-5,9,12,18H,3,6-8,10H2,1-2H3,(H,19,20). The summed E-state index contributed by atoms with van der Waals surface area (Å²) in [4.78, 5) is 12.9. The molecule has 2 N–H and O–H groups in total. The highest BCUT2D eigenvalue weighted by Crippen LogP contribution is 2.20. The fraction of sp³-hybridized carbons (Fsp3) is 0.533. The summed E-state index contributed by atoms with van der Waals surface area (Å²) >= 11 is 0. The van der Waals surface area contributed by atoms with Crippen molar-refractivity contribution in [2.45, 2.75) is 25.8 Å². The van der Waals surface area contributed by atoms with E-state index in [0.717, 1.165) is 0 Å². The molecule has 1 aromatic rings. The number of halogens is 1. The van der Waals surface area contributed by atoms with Crippen LogP contribution < -0.4 is 4.74 Å². The molecule has 1 unspecified atom stereocenters. The van der Waals surface area contributed by atoms with Crippen molar-refractivity contribution in [3.05, 3.63) is 29.6 Å². The van der Waals surface area contributed by atoms with Crippen molar-refractivity contribution in [3.63, 3.8) is 0 Å². The molecule has 0 aliphatic heterocycles. The first-order chi connectivity index (χ1) is 10.0. The van der Waals surface area contributed by atoms with Gasteiger partial charge in [0.25, 0.3) is 0 Å². The van der Waals surface area contributed by atoms with E-state index >= 15 is 0 Å². The van der Waals surface area contributed by atoms with E-state index in [1.807, 2.05) is 11.8 Å². The predicted molar refractivity (Wildman–Crippen MR) is 77.0 cm³/mol. The average molecular weight is 299 g/mol. The Morgan fingerprint density at radius 3 is 2.67 bits per heavy atom. The SMILES string of the molecule is CCN(CCO)C(CC(=O)O)Cc1ccc(OC)c(F)c1. The van der Waals surface area contributed by atoms with E-state index in [0.29, 0.717) is 25.1 Å². The van der Waals surface area contributed by atoms with E-state index in [9.17, 15) is 9.18 Å². The van der Waals surface area contributed by atoms with Gasteiger partial charge in [-0.1, -0.05) is 13.0 Å². The molecule has 0 spiro atoms. The minimum absolute atomic E-state index is 0.0407. The van der Waals surface area contributed by atoms with Crippen LogP contribution in [0.3, 0.4) is 0 Å². The summed E-state index contributed by atoms with van der Waals surface area (Å²) in [5, 5.41) is 18.1. The molecule has 1 atom stereocenters. The van der Waals surface area contributed by atoms with Crippen LogP contribution in [-0.2, 0) is 11.2 Å². The van der Waals surface area contributed by atoms with Gasteiger partial charge in [-0.25, -0.2) is 4.39 Å². The maximum absolute atomic E-state index is 13.7. The Bertz CT molecular complexity index is 467. The number of benzene rings is 1. The summed E-state index contributed by atoms with van der Waals surface area (Å²) in [6, 6.07) is 4.34. The number of aliphatic carboxylic acids is 1. The second-order valence-electron chi connectivity index (χ2n) is 4.78. The normalized spacial score (nSPS) is 12.4. The van der Waals surface area contributed by atoms with Gasteiger partial charge in [-0.05, 0) is 30.7 Å². The molecule has 0 amide bonds. The van der Waals surface area contributed by atoms with E-state index in [1.165, 1.54) is 19.2 Å². The molecule has 0 aliphatic rings. The molecule has 6 heteroatoms. The molecule has 1 rings (SSSR count). The van der Waals surface area contributed by atoms with Crippen LogP contribution in [0, 0.1) is 5.82 Å². The van der Waals surface area contributed by atoms with Gasteiger partial charge < -0.3 is 14.9 Å². The lowest BCUT2D eigenvalue weighted by Crippen LogP contribution is -2.40. The molecule has 0 aromatic heterocycles. The number of aliphatic hydroxyl groups excluding tert-OH is 1. The predicted octanol–water partition coefficient (Wildman–Crippen LogP) is 1.53. The Labute approximate surface area is 124 Å². The number of methoxy groups -OCH3 is 1. The summed E-state index contributed by atoms with van der Waals surface area (Å²) in [5.41, 5.74) is 0.705. The second kappa shape index (κ2) is 8.59. The number of rotatable bonds is 9. The third-order valence-electron chi connectivity index (χ3n) is 3.41. The molecular formula is C15H22FNO4. The second-order valence-corrected chi connectivity index (χ2v) is 4.78. The minimum Gasteiger partial charge on any atom is -0.494 e. The zero-order valence-electron chi connectivity index (χ0n) is 12.4. The number of nitrogens with zero attached hydrogens (tertiary/aromatic N) is 1. The van der Waals surface area contributed by atoms with Crippen LogP contribution in [0.4, 0.5) is 4.39 Å². The van der Waals surface area contributed by atoms with Gasteiger partial charge in [-0.2, -0.15) is 0 Å². The Balaban J connectivity index is 2.89. The molecule has 0 bridgehead atoms. The molecule has 118 valence electrons. The summed E-state index contributed by atoms with van der Waals surface area (Å²) in [5.74, 6) is -1.21. The molecule has 0 radical (unpaired) electrons. The largest absolute Gasteiger partial charge is 0.494 e. The minimum atomic E-state index is -0.912. The first-order valence-electron chi connectivity index (χ1n) is 6.90. The van der Waals surface area contributed by atoms with Crippen LogP contribution in [0.5, 0.6) is 5.75 Å². The fourth-order valence-electron chi connectivity index (χ4n) is 2.37. The summed E-state index contributed by atoms with van der Waals surface area (Å²) in [6.45, 7) is 2.88. The summed E-state index contributed by atoms with van der Waals surface area (Å²) in [7, 11) is 1.39. The van der Waals surface area contributed by atoms with Crippen LogP contribution in [0.2, 0.25) is 0 Å². The Kier molecular flexibility index (Phi) is 7.11. The lowest BCUT2D eigenvalue weighted by Gasteiger charge is -2.29. The first-order valence-corrected chi connectivity index (χ1v) is 6.90. The van der Waals surface area contributed by atoms with E-state index in [-0.39, 0.29) is 24.8 Å². The lowest BCUT2D eigenvalue weighted by molar-refractivity contribution is -0.138. The molecule has 0 saturated heterocycles. The highest BCUT2D eigenvalue weighted by atomic mass is 19.1. The smallest absolute Gasteiger partial charge is 0.304 e. The quantitative estimate of drug-likeness (QED) is 0.724. The maximum Gasteiger partial charge on any atom is 0.304 e. The molecule has 0 aliphatic carbocycles. The Morgan fingerprint density at radius 1 is 1.48 bits per heavy atom. The van der Waals surface area contributed by atoms with Crippen LogP contribution in [0.1, 0.15) is 18.9 Å². The van der Waals surface area contributed by atoms with Gasteiger partial charge >= 0.3 is 5.97 Å². The number of ether oxygens (including phenoxy) is 1. The van der Waals surface area contributed by atoms with E-state index < -0.39 is 11.8 Å². The number of aliphatic hydroxyl groups is 1. The van der Waals surface area contributed by atoms with Crippen molar-refractivity contribution in [2.24, 2.45) is 0 Å². The van der Waals surface area contributed by atoms with E-state index in [2.05, 4.69) is 0 Å². The third-order valence-corrected chi connectivity index (χ3v) is 3.41. The molecular weight excluding hydrogens is 277 g/mol. The Morgan fingerprint density at radius 2 is 2.19 bits per heavy atom. The molecule has 0 fully saturated rings. The zero-order valence-corrected chi connectivity index (χ0v) is 12.4. The average Bonchev–Trinajstić information content (AvgIpc) is 2.44. The highest BCUT2D eigenvalue weighted by Gasteiger charge is 2.21. The van der Waals surface area contributed by atoms with Gasteiger partial charge in [-0.3, -0.25) is 9.69 Å². The monoisotopic (exact) mass is 299 g/mol. The Hall–Kier alpha value is -1.66. The zero-order chi connectivity index (χ0) is 15.8. The van der Waals surface area contributed by atoms with Crippen molar-refractivity contribution in [1.82, 2.24) is 4.90 Å². The van der Waals surface area contributed by atoms with Crippen molar-refractivity contribution in [3.8, 4) is 5.75 Å². The van der Waals surface area contributed by atoms with Crippen LogP contribution in [0.15, 0.2) is 18.2 Å². The number of hydrogen-bond acceptors (Lipinski definition) is 4. The molecule has 0 heterocycles. The molecule has 5 nitrogen and oxygen atoms in total. The third kappa shape index (κ3) is 5.32. The number of likely N-dealkylation sites (N-methyl/N-ethyl adjacent to an activating group) is 1. The van der Waals surface area contributed by atoms with Crippen LogP contribution in [0.25, 0.3) is 0 Å². The topological polar surface area (TPSA) is 70.0 Å². The highest BCUT2D eigenvalue weighted by molar-refractivity contribution is 5.67. The van der Waals surface area contributed by atoms with Gasteiger partial charge in [0.1, 0.15) is 0 Å². The molecule has 1 aromatic carbocycles. The van der Waals surface area contributed by atoms with E-state index in [4.69, 9.17) is 14.9 Å². The number of hydrogen-bond donors (Lipinski definition) is 2. The molecule has 0 saturated carbocycles. The molecule has 21 heavy (non-hydrogen) atoms. The number of carbonyl (C=O) groups is 1. The number of carboxylic acids is 1. The van der Waals surface area contributed by atoms with Gasteiger partial charge in [0, 0.05) is 12.6 Å². The van der Waals surface area contributed by atoms with Gasteiger partial charge in [0.05, 0.1) is 20.1 Å². The van der Waals surface area contributed by atoms with Gasteiger partial charge in [0.2, 0.25) is 0 Å². The fourth-order valence-corrected chi connectivity index (χ4v) is 2.37. The van der Waals surface area contributed by atoms with E-state index in [1.54, 1.807) is 6.07 Å². The first kappa shape index (κ1) is 17.4. The van der Waals surface area contributed by atoms with Crippen LogP contribution in [-0.4, -0.2) is 53.9 Å². The van der Waals surface area contributed by atoms with Crippen molar-refractivity contribution < 1.29 is 24.1 Å². The summed E-state index contributed by atoms with van der Waals surface area (Å²) < 4.78 is 18.6. The number of carboxylic acid groups (broad SMARTS) is 1. The maximum atomic E-state index is 13.7. The summed E-state index contributed by atoms with van der Waals surface area (Å²) in [6.07, 6.45) is 0.350. The van der Waals surface area contributed by atoms with Crippen LogP contribution >= 0.6 is 0 Å². The van der Waals surface area contributed by atoms with Gasteiger partial charge in [0.15, 0.2) is 11.6 Å². The van der Waals surface area contributed by atoms with Crippen molar-refractivity contribution in [1.29, 1.82) is 0 Å². The lowest BCUT2D eigenvalue weighted by atomic mass is 10.0. The van der Waals surface area contributed by atoms with Gasteiger partial charge in [-0.15, -0.1) is 0 Å². The van der Waals surface area contributed by atoms with Crippen molar-refractivity contribution >= 4 is 5.97 Å².